The summed E-state index contributed by atoms with van der Waals surface area (Å²) in [5, 5.41) is 0. The van der Waals surface area contributed by atoms with Crippen molar-refractivity contribution in [1.29, 1.82) is 0 Å². The fourth-order valence-electron chi connectivity index (χ4n) is 0.866. The van der Waals surface area contributed by atoms with Crippen LogP contribution >= 0.6 is 0 Å². The van der Waals surface area contributed by atoms with E-state index in [-0.39, 0.29) is 13.0 Å². The molecule has 0 amide bonds. The van der Waals surface area contributed by atoms with Gasteiger partial charge in [0.15, 0.2) is 0 Å². The number of alkyl halides is 3. The topological polar surface area (TPSA) is 35.5 Å². The van der Waals surface area contributed by atoms with Gasteiger partial charge in [0.1, 0.15) is 6.61 Å². The number of methoxy groups -OCH3 is 1. The van der Waals surface area contributed by atoms with E-state index < -0.39 is 24.2 Å². The van der Waals surface area contributed by atoms with E-state index in [0.717, 1.165) is 7.11 Å². The van der Waals surface area contributed by atoms with E-state index in [1.54, 1.807) is 13.8 Å². The van der Waals surface area contributed by atoms with E-state index >= 15 is 0 Å². The molecular weight excluding hydrogens is 213 g/mol. The second kappa shape index (κ2) is 5.23. The highest BCUT2D eigenvalue weighted by Gasteiger charge is 2.31. The predicted octanol–water partition coefficient (Wildman–Crippen LogP) is 3.14. The Morgan fingerprint density at radius 2 is 1.73 bits per heavy atom. The third-order valence-corrected chi connectivity index (χ3v) is 1.83. The molecule has 0 aromatic rings. The van der Waals surface area contributed by atoms with Gasteiger partial charge in [-0.15, -0.1) is 0 Å². The first kappa shape index (κ1) is 14.1. The average Bonchev–Trinajstić information content (AvgIpc) is 2.10. The van der Waals surface area contributed by atoms with Gasteiger partial charge in [-0.3, -0.25) is 0 Å². The minimum absolute atomic E-state index is 0.0875. The molecule has 0 aliphatic heterocycles. The highest BCUT2D eigenvalue weighted by atomic mass is 19.4. The fraction of sp³-hybridized carbons (Fsp3) is 0.889. The van der Waals surface area contributed by atoms with Crippen molar-refractivity contribution in [1.82, 2.24) is 0 Å². The Kier molecular flexibility index (Phi) is 4.90. The van der Waals surface area contributed by atoms with E-state index in [1.807, 2.05) is 0 Å². The van der Waals surface area contributed by atoms with Crippen molar-refractivity contribution in [2.24, 2.45) is 5.41 Å². The first-order chi connectivity index (χ1) is 6.66. The van der Waals surface area contributed by atoms with Gasteiger partial charge in [-0.2, -0.15) is 13.2 Å². The summed E-state index contributed by atoms with van der Waals surface area (Å²) in [6.45, 7) is 3.11. The maximum absolute atomic E-state index is 11.9. The van der Waals surface area contributed by atoms with Crippen LogP contribution < -0.4 is 0 Å². The Bertz CT molecular complexity index is 211. The summed E-state index contributed by atoms with van der Waals surface area (Å²) in [6.07, 6.45) is -6.03. The molecule has 0 heterocycles. The van der Waals surface area contributed by atoms with Crippen LogP contribution in [0, 0.1) is 5.41 Å². The molecule has 0 aliphatic carbocycles. The van der Waals surface area contributed by atoms with Crippen molar-refractivity contribution < 1.29 is 27.4 Å². The average molecular weight is 228 g/mol. The van der Waals surface area contributed by atoms with Crippen LogP contribution in [0.25, 0.3) is 0 Å². The van der Waals surface area contributed by atoms with E-state index in [2.05, 4.69) is 9.47 Å². The van der Waals surface area contributed by atoms with Crippen LogP contribution in [0.2, 0.25) is 0 Å². The van der Waals surface area contributed by atoms with E-state index in [9.17, 15) is 18.0 Å². The number of halogens is 3. The maximum Gasteiger partial charge on any atom is 0.507 e. The molecule has 3 nitrogen and oxygen atoms in total. The standard InChI is InChI=1S/C9H15F3O3/c1-8(2,4-5-9(10,11)12)6-15-7(13)14-3/h4-6H2,1-3H3. The summed E-state index contributed by atoms with van der Waals surface area (Å²) >= 11 is 0. The summed E-state index contributed by atoms with van der Waals surface area (Å²) in [6, 6.07) is 0. The monoisotopic (exact) mass is 228 g/mol. The van der Waals surface area contributed by atoms with Crippen LogP contribution in [-0.2, 0) is 9.47 Å². The first-order valence-corrected chi connectivity index (χ1v) is 4.44. The van der Waals surface area contributed by atoms with Crippen molar-refractivity contribution in [2.75, 3.05) is 13.7 Å². The van der Waals surface area contributed by atoms with Crippen molar-refractivity contribution in [3.05, 3.63) is 0 Å². The molecule has 0 radical (unpaired) electrons. The number of hydrogen-bond acceptors (Lipinski definition) is 3. The molecule has 0 aromatic carbocycles. The van der Waals surface area contributed by atoms with Gasteiger partial charge in [-0.05, 0) is 11.8 Å². The molecule has 0 saturated heterocycles. The van der Waals surface area contributed by atoms with E-state index in [0.29, 0.717) is 0 Å². The third kappa shape index (κ3) is 8.08. The third-order valence-electron chi connectivity index (χ3n) is 1.83. The Balaban J connectivity index is 3.92. The zero-order valence-electron chi connectivity index (χ0n) is 8.98. The molecule has 0 unspecified atom stereocenters. The number of rotatable bonds is 4. The molecule has 0 spiro atoms. The van der Waals surface area contributed by atoms with Crippen molar-refractivity contribution in [2.45, 2.75) is 32.9 Å². The van der Waals surface area contributed by atoms with Crippen LogP contribution in [-0.4, -0.2) is 26.0 Å². The zero-order valence-corrected chi connectivity index (χ0v) is 8.98. The molecule has 90 valence electrons. The van der Waals surface area contributed by atoms with Gasteiger partial charge in [-0.1, -0.05) is 13.8 Å². The highest BCUT2D eigenvalue weighted by molar-refractivity contribution is 5.59. The summed E-state index contributed by atoms with van der Waals surface area (Å²) in [5.41, 5.74) is -0.705. The molecule has 0 aromatic heterocycles. The lowest BCUT2D eigenvalue weighted by atomic mass is 9.89. The van der Waals surface area contributed by atoms with Crippen LogP contribution in [0.15, 0.2) is 0 Å². The summed E-state index contributed by atoms with van der Waals surface area (Å²) < 4.78 is 44.6. The van der Waals surface area contributed by atoms with Crippen LogP contribution in [0.4, 0.5) is 18.0 Å². The van der Waals surface area contributed by atoms with Crippen LogP contribution in [0.1, 0.15) is 26.7 Å². The second-order valence-corrected chi connectivity index (χ2v) is 4.02. The van der Waals surface area contributed by atoms with Gasteiger partial charge in [-0.25, -0.2) is 4.79 Å². The second-order valence-electron chi connectivity index (χ2n) is 4.02. The van der Waals surface area contributed by atoms with Gasteiger partial charge in [0, 0.05) is 6.42 Å². The highest BCUT2D eigenvalue weighted by Crippen LogP contribution is 2.30. The normalized spacial score (nSPS) is 12.4. The Labute approximate surface area is 86.5 Å². The van der Waals surface area contributed by atoms with Crippen molar-refractivity contribution in [3.8, 4) is 0 Å². The zero-order chi connectivity index (χ0) is 12.1. The lowest BCUT2D eigenvalue weighted by molar-refractivity contribution is -0.141. The number of ether oxygens (including phenoxy) is 2. The largest absolute Gasteiger partial charge is 0.507 e. The fourth-order valence-corrected chi connectivity index (χ4v) is 0.866. The van der Waals surface area contributed by atoms with Gasteiger partial charge in [0.2, 0.25) is 0 Å². The van der Waals surface area contributed by atoms with Gasteiger partial charge in [0.25, 0.3) is 0 Å². The summed E-state index contributed by atoms with van der Waals surface area (Å²) in [7, 11) is 1.14. The SMILES string of the molecule is COC(=O)OCC(C)(C)CCC(F)(F)F. The quantitative estimate of drug-likeness (QED) is 0.693. The Morgan fingerprint density at radius 1 is 1.20 bits per heavy atom. The van der Waals surface area contributed by atoms with Crippen LogP contribution in [0.5, 0.6) is 0 Å². The molecule has 0 N–H and O–H groups in total. The first-order valence-electron chi connectivity index (χ1n) is 4.44. The molecule has 15 heavy (non-hydrogen) atoms. The maximum atomic E-state index is 11.9. The van der Waals surface area contributed by atoms with E-state index in [1.165, 1.54) is 0 Å². The molecular formula is C9H15F3O3. The lowest BCUT2D eigenvalue weighted by Crippen LogP contribution is -2.24. The minimum atomic E-state index is -4.18. The minimum Gasteiger partial charge on any atom is -0.438 e. The molecule has 0 saturated carbocycles. The summed E-state index contributed by atoms with van der Waals surface area (Å²) in [5.74, 6) is 0. The molecule has 0 aliphatic rings. The molecule has 0 rings (SSSR count). The number of carbonyl (C=O) groups is 1. The lowest BCUT2D eigenvalue weighted by Gasteiger charge is -2.24. The number of carbonyl (C=O) groups excluding carboxylic acids is 1. The van der Waals surface area contributed by atoms with Crippen LogP contribution in [0.3, 0.4) is 0 Å². The molecule has 0 fully saturated rings. The number of hydrogen-bond donors (Lipinski definition) is 0. The molecule has 6 heteroatoms. The molecule has 0 bridgehead atoms. The Morgan fingerprint density at radius 3 is 2.13 bits per heavy atom. The Hall–Kier alpha value is -0.940. The van der Waals surface area contributed by atoms with Crippen molar-refractivity contribution in [3.63, 3.8) is 0 Å². The van der Waals surface area contributed by atoms with E-state index in [4.69, 9.17) is 0 Å². The van der Waals surface area contributed by atoms with Gasteiger partial charge >= 0.3 is 12.3 Å². The van der Waals surface area contributed by atoms with Crippen molar-refractivity contribution >= 4 is 6.16 Å². The van der Waals surface area contributed by atoms with Gasteiger partial charge < -0.3 is 9.47 Å². The predicted molar refractivity (Wildman–Crippen MR) is 47.4 cm³/mol. The van der Waals surface area contributed by atoms with Gasteiger partial charge in [0.05, 0.1) is 7.11 Å². The smallest absolute Gasteiger partial charge is 0.438 e. The molecule has 0 atom stereocenters. The summed E-state index contributed by atoms with van der Waals surface area (Å²) in [4.78, 5) is 10.6.